The fraction of sp³-hybridized carbons (Fsp3) is 0.409. The minimum atomic E-state index is -0.471. The molecule has 1 aliphatic rings. The summed E-state index contributed by atoms with van der Waals surface area (Å²) < 4.78 is 10.1. The van der Waals surface area contributed by atoms with Crippen LogP contribution >= 0.6 is 23.4 Å². The number of amides is 2. The Morgan fingerprint density at radius 3 is 2.55 bits per heavy atom. The van der Waals surface area contributed by atoms with E-state index in [1.807, 2.05) is 36.4 Å². The summed E-state index contributed by atoms with van der Waals surface area (Å²) in [4.78, 5) is 38.4. The third kappa shape index (κ3) is 6.51. The van der Waals surface area contributed by atoms with Crippen molar-refractivity contribution >= 4 is 52.1 Å². The number of ether oxygens (including phenoxy) is 2. The highest BCUT2D eigenvalue weighted by molar-refractivity contribution is 8.00. The number of carbonyl (C=O) groups is 3. The highest BCUT2D eigenvalue weighted by Crippen LogP contribution is 2.33. The smallest absolute Gasteiger partial charge is 0.409 e. The van der Waals surface area contributed by atoms with E-state index in [1.165, 1.54) is 11.8 Å². The van der Waals surface area contributed by atoms with Crippen LogP contribution < -0.4 is 5.32 Å². The summed E-state index contributed by atoms with van der Waals surface area (Å²) in [6.45, 7) is 2.82. The SMILES string of the molecule is CCOC(=O)N1CCC(NC(=O)COC(=O)CSc2cccc3cccc(Cl)c23)CC1. The van der Waals surface area contributed by atoms with Gasteiger partial charge in [-0.3, -0.25) is 9.59 Å². The Bertz CT molecular complexity index is 941. The van der Waals surface area contributed by atoms with Crippen molar-refractivity contribution in [1.29, 1.82) is 0 Å². The van der Waals surface area contributed by atoms with Gasteiger partial charge in [0.15, 0.2) is 6.61 Å². The van der Waals surface area contributed by atoms with Crippen LogP contribution in [0.3, 0.4) is 0 Å². The monoisotopic (exact) mass is 464 g/mol. The molecule has 2 amide bonds. The molecule has 0 bridgehead atoms. The van der Waals surface area contributed by atoms with E-state index in [0.29, 0.717) is 37.6 Å². The topological polar surface area (TPSA) is 84.9 Å². The van der Waals surface area contributed by atoms with Crippen LogP contribution in [0.15, 0.2) is 41.3 Å². The van der Waals surface area contributed by atoms with E-state index in [-0.39, 0.29) is 30.4 Å². The summed E-state index contributed by atoms with van der Waals surface area (Å²) in [5, 5.41) is 5.38. The summed E-state index contributed by atoms with van der Waals surface area (Å²) >= 11 is 7.63. The fourth-order valence-electron chi connectivity index (χ4n) is 3.40. The second kappa shape index (κ2) is 11.2. The summed E-state index contributed by atoms with van der Waals surface area (Å²) in [7, 11) is 0. The predicted molar refractivity (Wildman–Crippen MR) is 120 cm³/mol. The molecule has 1 saturated heterocycles. The average molecular weight is 465 g/mol. The van der Waals surface area contributed by atoms with E-state index in [2.05, 4.69) is 5.32 Å². The maximum Gasteiger partial charge on any atom is 0.409 e. The van der Waals surface area contributed by atoms with Crippen LogP contribution in [0.25, 0.3) is 10.8 Å². The van der Waals surface area contributed by atoms with Crippen LogP contribution in [0, 0.1) is 0 Å². The molecule has 3 rings (SSSR count). The number of benzene rings is 2. The van der Waals surface area contributed by atoms with Crippen molar-refractivity contribution in [1.82, 2.24) is 10.2 Å². The number of hydrogen-bond donors (Lipinski definition) is 1. The normalized spacial score (nSPS) is 14.3. The van der Waals surface area contributed by atoms with Crippen molar-refractivity contribution < 1.29 is 23.9 Å². The van der Waals surface area contributed by atoms with Crippen LogP contribution in [-0.2, 0) is 19.1 Å². The fourth-order valence-corrected chi connectivity index (χ4v) is 4.64. The number of rotatable bonds is 7. The number of carbonyl (C=O) groups excluding carboxylic acids is 3. The molecule has 7 nitrogen and oxygen atoms in total. The van der Waals surface area contributed by atoms with Gasteiger partial charge >= 0.3 is 12.1 Å². The first-order valence-electron chi connectivity index (χ1n) is 10.1. The molecule has 2 aromatic carbocycles. The maximum absolute atomic E-state index is 12.1. The summed E-state index contributed by atoms with van der Waals surface area (Å²) in [5.41, 5.74) is 0. The number of fused-ring (bicyclic) bond motifs is 1. The van der Waals surface area contributed by atoms with Crippen molar-refractivity contribution in [3.63, 3.8) is 0 Å². The third-order valence-corrected chi connectivity index (χ3v) is 6.26. The van der Waals surface area contributed by atoms with Crippen LogP contribution in [-0.4, -0.2) is 61.0 Å². The first-order chi connectivity index (χ1) is 15.0. The predicted octanol–water partition coefficient (Wildman–Crippen LogP) is 3.87. The van der Waals surface area contributed by atoms with Crippen LogP contribution in [0.5, 0.6) is 0 Å². The number of esters is 1. The molecule has 1 aliphatic heterocycles. The van der Waals surface area contributed by atoms with E-state index in [1.54, 1.807) is 11.8 Å². The zero-order valence-corrected chi connectivity index (χ0v) is 18.8. The largest absolute Gasteiger partial charge is 0.455 e. The molecule has 31 heavy (non-hydrogen) atoms. The number of nitrogens with zero attached hydrogens (tertiary/aromatic N) is 1. The molecule has 0 aromatic heterocycles. The molecule has 0 atom stereocenters. The average Bonchev–Trinajstić information content (AvgIpc) is 2.77. The van der Waals surface area contributed by atoms with Gasteiger partial charge in [-0.15, -0.1) is 11.8 Å². The quantitative estimate of drug-likeness (QED) is 0.494. The summed E-state index contributed by atoms with van der Waals surface area (Å²) in [6, 6.07) is 11.4. The highest BCUT2D eigenvalue weighted by atomic mass is 35.5. The minimum absolute atomic E-state index is 0.0518. The summed E-state index contributed by atoms with van der Waals surface area (Å²) in [6.07, 6.45) is 0.943. The van der Waals surface area contributed by atoms with Crippen molar-refractivity contribution in [2.75, 3.05) is 32.1 Å². The number of nitrogens with one attached hydrogen (secondary N) is 1. The lowest BCUT2D eigenvalue weighted by atomic mass is 10.1. The lowest BCUT2D eigenvalue weighted by Crippen LogP contribution is -2.47. The van der Waals surface area contributed by atoms with Gasteiger partial charge in [-0.25, -0.2) is 4.79 Å². The Morgan fingerprint density at radius 2 is 1.84 bits per heavy atom. The van der Waals surface area contributed by atoms with Crippen molar-refractivity contribution in [2.45, 2.75) is 30.7 Å². The Hall–Kier alpha value is -2.45. The Kier molecular flexibility index (Phi) is 8.43. The molecule has 166 valence electrons. The number of likely N-dealkylation sites (tertiary alicyclic amines) is 1. The molecule has 1 N–H and O–H groups in total. The molecule has 9 heteroatoms. The van der Waals surface area contributed by atoms with E-state index < -0.39 is 5.97 Å². The molecule has 1 fully saturated rings. The van der Waals surface area contributed by atoms with E-state index in [4.69, 9.17) is 21.1 Å². The lowest BCUT2D eigenvalue weighted by Gasteiger charge is -2.31. The molecule has 0 saturated carbocycles. The molecule has 0 spiro atoms. The molecule has 0 unspecified atom stereocenters. The zero-order chi connectivity index (χ0) is 22.2. The van der Waals surface area contributed by atoms with Crippen molar-refractivity contribution in [3.05, 3.63) is 41.4 Å². The van der Waals surface area contributed by atoms with Gasteiger partial charge in [0.1, 0.15) is 0 Å². The second-order valence-corrected chi connectivity index (χ2v) is 8.50. The second-order valence-electron chi connectivity index (χ2n) is 7.07. The minimum Gasteiger partial charge on any atom is -0.455 e. The van der Waals surface area contributed by atoms with Crippen LogP contribution in [0.2, 0.25) is 5.02 Å². The highest BCUT2D eigenvalue weighted by Gasteiger charge is 2.24. The van der Waals surface area contributed by atoms with Gasteiger partial charge in [-0.05, 0) is 37.3 Å². The van der Waals surface area contributed by atoms with Crippen LogP contribution in [0.1, 0.15) is 19.8 Å². The van der Waals surface area contributed by atoms with Crippen LogP contribution in [0.4, 0.5) is 4.79 Å². The lowest BCUT2D eigenvalue weighted by molar-refractivity contribution is -0.146. The van der Waals surface area contributed by atoms with Gasteiger partial charge in [0.05, 0.1) is 12.4 Å². The first-order valence-corrected chi connectivity index (χ1v) is 11.5. The number of thioether (sulfide) groups is 1. The van der Waals surface area contributed by atoms with E-state index in [9.17, 15) is 14.4 Å². The number of halogens is 1. The zero-order valence-electron chi connectivity index (χ0n) is 17.3. The van der Waals surface area contributed by atoms with Gasteiger partial charge in [-0.1, -0.05) is 35.9 Å². The van der Waals surface area contributed by atoms with Gasteiger partial charge in [-0.2, -0.15) is 0 Å². The van der Waals surface area contributed by atoms with E-state index >= 15 is 0 Å². The maximum atomic E-state index is 12.1. The van der Waals surface area contributed by atoms with Crippen molar-refractivity contribution in [2.24, 2.45) is 0 Å². The molecule has 1 heterocycles. The Morgan fingerprint density at radius 1 is 1.13 bits per heavy atom. The van der Waals surface area contributed by atoms with Gasteiger partial charge < -0.3 is 19.7 Å². The molecule has 0 aliphatic carbocycles. The molecular formula is C22H25ClN2O5S. The molecule has 0 radical (unpaired) electrons. The Balaban J connectivity index is 1.40. The first kappa shape index (κ1) is 23.2. The summed E-state index contributed by atoms with van der Waals surface area (Å²) in [5.74, 6) is -0.738. The van der Waals surface area contributed by atoms with Gasteiger partial charge in [0.25, 0.3) is 5.91 Å². The van der Waals surface area contributed by atoms with Crippen molar-refractivity contribution in [3.8, 4) is 0 Å². The number of hydrogen-bond acceptors (Lipinski definition) is 6. The number of piperidine rings is 1. The van der Waals surface area contributed by atoms with E-state index in [0.717, 1.165) is 15.7 Å². The third-order valence-electron chi connectivity index (χ3n) is 4.91. The molecule has 2 aromatic rings. The Labute approximate surface area is 190 Å². The van der Waals surface area contributed by atoms with Gasteiger partial charge in [0.2, 0.25) is 0 Å². The standard InChI is InChI=1S/C22H25ClN2O5S/c1-2-29-22(28)25-11-9-16(10-12-25)24-19(26)13-30-20(27)14-31-18-8-4-6-15-5-3-7-17(23)21(15)18/h3-8,16H,2,9-14H2,1H3,(H,24,26). The van der Waals surface area contributed by atoms with Gasteiger partial charge in [0, 0.05) is 34.4 Å². The molecular weight excluding hydrogens is 440 g/mol.